The van der Waals surface area contributed by atoms with Crippen LogP contribution >= 0.6 is 0 Å². The quantitative estimate of drug-likeness (QED) is 0.214. The van der Waals surface area contributed by atoms with Crippen LogP contribution in [0.4, 0.5) is 0 Å². The lowest BCUT2D eigenvalue weighted by atomic mass is 10.0. The zero-order valence-corrected chi connectivity index (χ0v) is 16.5. The Balaban J connectivity index is 1.52. The molecule has 4 N–H and O–H groups in total. The summed E-state index contributed by atoms with van der Waals surface area (Å²) in [7, 11) is 0. The monoisotopic (exact) mass is 432 g/mol. The van der Waals surface area contributed by atoms with Crippen molar-refractivity contribution in [3.8, 4) is 0 Å². The van der Waals surface area contributed by atoms with E-state index in [2.05, 4.69) is 5.32 Å². The van der Waals surface area contributed by atoms with E-state index in [1.165, 1.54) is 0 Å². The lowest BCUT2D eigenvalue weighted by Gasteiger charge is -2.36. The number of nitrogens with zero attached hydrogens (tertiary/aromatic N) is 1. The molecule has 2 heterocycles. The maximum absolute atomic E-state index is 11.8. The zero-order chi connectivity index (χ0) is 22.1. The van der Waals surface area contributed by atoms with Gasteiger partial charge in [0, 0.05) is 38.6 Å². The highest BCUT2D eigenvalue weighted by molar-refractivity contribution is 6.01. The summed E-state index contributed by atoms with van der Waals surface area (Å²) in [4.78, 5) is 50.8. The summed E-state index contributed by atoms with van der Waals surface area (Å²) in [6.07, 6.45) is -2.99. The fraction of sp³-hybridized carbons (Fsp3) is 0.778. The van der Waals surface area contributed by atoms with Crippen LogP contribution in [0.15, 0.2) is 0 Å². The predicted octanol–water partition coefficient (Wildman–Crippen LogP) is -1.88. The van der Waals surface area contributed by atoms with E-state index in [9.17, 15) is 29.4 Å². The summed E-state index contributed by atoms with van der Waals surface area (Å²) < 4.78 is 10.6. The summed E-state index contributed by atoms with van der Waals surface area (Å²) in [6, 6.07) is 0. The lowest BCUT2D eigenvalue weighted by Crippen LogP contribution is -2.50. The van der Waals surface area contributed by atoms with Crippen molar-refractivity contribution in [3.63, 3.8) is 0 Å². The summed E-state index contributed by atoms with van der Waals surface area (Å²) in [6.45, 7) is -0.131. The second kappa shape index (κ2) is 11.9. The van der Waals surface area contributed by atoms with Crippen molar-refractivity contribution < 1.29 is 48.8 Å². The van der Waals surface area contributed by atoms with E-state index in [1.807, 2.05) is 0 Å². The first-order valence-electron chi connectivity index (χ1n) is 9.89. The maximum Gasteiger partial charge on any atom is 0.333 e. The van der Waals surface area contributed by atoms with Gasteiger partial charge in [0.15, 0.2) is 6.29 Å². The number of aliphatic hydroxyl groups excluding tert-OH is 3. The third-order valence-electron chi connectivity index (χ3n) is 4.65. The Morgan fingerprint density at radius 2 is 1.80 bits per heavy atom. The summed E-state index contributed by atoms with van der Waals surface area (Å²) >= 11 is 0. The molecule has 2 aliphatic rings. The number of nitrogens with one attached hydrogen (secondary N) is 1. The highest BCUT2D eigenvalue weighted by Gasteiger charge is 2.37. The van der Waals surface area contributed by atoms with Gasteiger partial charge in [-0.1, -0.05) is 0 Å². The largest absolute Gasteiger partial charge is 0.394 e. The van der Waals surface area contributed by atoms with Crippen LogP contribution in [0.3, 0.4) is 0 Å². The number of hydroxylamine groups is 2. The summed E-state index contributed by atoms with van der Waals surface area (Å²) in [5, 5.41) is 31.7. The molecule has 2 fully saturated rings. The third kappa shape index (κ3) is 7.29. The summed E-state index contributed by atoms with van der Waals surface area (Å²) in [5.41, 5.74) is 0. The second-order valence-corrected chi connectivity index (χ2v) is 7.08. The molecule has 2 rings (SSSR count). The Kier molecular flexibility index (Phi) is 9.59. The molecule has 12 heteroatoms. The topological polar surface area (TPSA) is 172 Å². The van der Waals surface area contributed by atoms with Gasteiger partial charge in [-0.25, -0.2) is 4.79 Å². The van der Waals surface area contributed by atoms with Crippen LogP contribution in [0.1, 0.15) is 44.9 Å². The molecule has 0 radical (unpaired) electrons. The van der Waals surface area contributed by atoms with Crippen molar-refractivity contribution in [2.75, 3.05) is 19.8 Å². The molecule has 3 amide bonds. The Hall–Kier alpha value is -2.12. The molecule has 4 unspecified atom stereocenters. The Morgan fingerprint density at radius 3 is 2.47 bits per heavy atom. The van der Waals surface area contributed by atoms with Crippen molar-refractivity contribution in [1.29, 1.82) is 0 Å². The Labute approximate surface area is 173 Å². The van der Waals surface area contributed by atoms with Gasteiger partial charge in [0.25, 0.3) is 11.8 Å². The van der Waals surface area contributed by atoms with E-state index in [0.717, 1.165) is 0 Å². The average molecular weight is 432 g/mol. The number of hydrogen-bond acceptors (Lipinski definition) is 10. The Morgan fingerprint density at radius 1 is 1.13 bits per heavy atom. The number of imide groups is 1. The minimum atomic E-state index is -1.24. The number of unbranched alkanes of at least 4 members (excludes halogenated alkanes) is 1. The number of carbonyl (C=O) groups is 4. The molecular formula is C18H28N2O10. The zero-order valence-electron chi connectivity index (χ0n) is 16.5. The highest BCUT2D eigenvalue weighted by Crippen LogP contribution is 2.21. The number of amides is 3. The van der Waals surface area contributed by atoms with Gasteiger partial charge in [-0.2, -0.15) is 0 Å². The number of hydrogen-bond donors (Lipinski definition) is 4. The van der Waals surface area contributed by atoms with Crippen LogP contribution in [-0.2, 0) is 33.5 Å². The van der Waals surface area contributed by atoms with E-state index >= 15 is 0 Å². The lowest BCUT2D eigenvalue weighted by molar-refractivity contribution is -0.270. The normalized spacial score (nSPS) is 26.7. The van der Waals surface area contributed by atoms with Gasteiger partial charge in [0.2, 0.25) is 5.91 Å². The molecule has 0 aromatic carbocycles. The highest BCUT2D eigenvalue weighted by atomic mass is 16.7. The smallest absolute Gasteiger partial charge is 0.333 e. The molecule has 12 nitrogen and oxygen atoms in total. The van der Waals surface area contributed by atoms with Crippen molar-refractivity contribution >= 4 is 23.7 Å². The van der Waals surface area contributed by atoms with Gasteiger partial charge in [0.1, 0.15) is 6.10 Å². The molecule has 170 valence electrons. The molecule has 0 spiro atoms. The molecular weight excluding hydrogens is 404 g/mol. The van der Waals surface area contributed by atoms with Crippen LogP contribution in [0.2, 0.25) is 0 Å². The van der Waals surface area contributed by atoms with E-state index < -0.39 is 42.4 Å². The van der Waals surface area contributed by atoms with Crippen molar-refractivity contribution in [1.82, 2.24) is 10.4 Å². The molecule has 0 bridgehead atoms. The van der Waals surface area contributed by atoms with Gasteiger partial charge in [0.05, 0.1) is 25.4 Å². The van der Waals surface area contributed by atoms with Gasteiger partial charge in [-0.15, -0.1) is 5.06 Å². The first-order valence-corrected chi connectivity index (χ1v) is 9.89. The van der Waals surface area contributed by atoms with Crippen molar-refractivity contribution in [2.24, 2.45) is 0 Å². The first-order chi connectivity index (χ1) is 14.3. The molecule has 2 aliphatic heterocycles. The number of rotatable bonds is 11. The number of carbonyl (C=O) groups excluding carboxylic acids is 4. The van der Waals surface area contributed by atoms with Crippen LogP contribution < -0.4 is 5.32 Å². The SMILES string of the molecule is O=C(CCCCC(=O)ON1C(=O)CCC1=O)NCCOC1OC(CO)CC(O)C1O. The number of ether oxygens (including phenoxy) is 2. The molecule has 0 aliphatic carbocycles. The van der Waals surface area contributed by atoms with Gasteiger partial charge in [-0.05, 0) is 12.8 Å². The standard InChI is InChI=1S/C18H28N2O10/c21-10-11-9-12(22)17(27)18(29-11)28-8-7-19-13(23)3-1-2-4-16(26)30-20-14(24)5-6-15(20)25/h11-12,17-18,21-22,27H,1-10H2,(H,19,23). The van der Waals surface area contributed by atoms with Gasteiger partial charge < -0.3 is 34.9 Å². The van der Waals surface area contributed by atoms with E-state index in [0.29, 0.717) is 17.9 Å². The maximum atomic E-state index is 11.8. The molecule has 30 heavy (non-hydrogen) atoms. The minimum Gasteiger partial charge on any atom is -0.394 e. The van der Waals surface area contributed by atoms with Crippen molar-refractivity contribution in [3.05, 3.63) is 0 Å². The molecule has 0 aromatic rings. The molecule has 0 saturated carbocycles. The van der Waals surface area contributed by atoms with Crippen LogP contribution in [0, 0.1) is 0 Å². The number of aliphatic hydroxyl groups is 3. The molecule has 0 aromatic heterocycles. The fourth-order valence-electron chi connectivity index (χ4n) is 2.99. The van der Waals surface area contributed by atoms with Crippen LogP contribution in [0.5, 0.6) is 0 Å². The molecule has 4 atom stereocenters. The minimum absolute atomic E-state index is 0.0291. The Bertz CT molecular complexity index is 612. The van der Waals surface area contributed by atoms with E-state index in [1.54, 1.807) is 0 Å². The van der Waals surface area contributed by atoms with E-state index in [4.69, 9.17) is 19.4 Å². The fourth-order valence-corrected chi connectivity index (χ4v) is 2.99. The van der Waals surface area contributed by atoms with Crippen LogP contribution in [-0.4, -0.2) is 88.4 Å². The van der Waals surface area contributed by atoms with Gasteiger partial charge in [-0.3, -0.25) is 14.4 Å². The summed E-state index contributed by atoms with van der Waals surface area (Å²) in [5.74, 6) is -2.05. The third-order valence-corrected chi connectivity index (χ3v) is 4.65. The first kappa shape index (κ1) is 24.2. The van der Waals surface area contributed by atoms with Gasteiger partial charge >= 0.3 is 5.97 Å². The van der Waals surface area contributed by atoms with E-state index in [-0.39, 0.29) is 57.8 Å². The second-order valence-electron chi connectivity index (χ2n) is 7.08. The average Bonchev–Trinajstić information content (AvgIpc) is 3.03. The van der Waals surface area contributed by atoms with Crippen LogP contribution in [0.25, 0.3) is 0 Å². The van der Waals surface area contributed by atoms with Crippen molar-refractivity contribution in [2.45, 2.75) is 69.5 Å². The predicted molar refractivity (Wildman–Crippen MR) is 97.0 cm³/mol. The molecule has 2 saturated heterocycles.